The maximum atomic E-state index is 14.0. The van der Waals surface area contributed by atoms with E-state index in [2.05, 4.69) is 77.6 Å². The van der Waals surface area contributed by atoms with Crippen LogP contribution in [-0.2, 0) is 19.1 Å². The predicted octanol–water partition coefficient (Wildman–Crippen LogP) is 15.1. The maximum Gasteiger partial charge on any atom is 0.231 e. The lowest BCUT2D eigenvalue weighted by molar-refractivity contribution is -0.144. The van der Waals surface area contributed by atoms with E-state index < -0.39 is 5.41 Å². The molecule has 9 unspecified atom stereocenters. The first-order valence-corrected chi connectivity index (χ1v) is 33.9. The van der Waals surface area contributed by atoms with E-state index in [1.54, 1.807) is 20.3 Å². The molecular formula is C80H96N4O12. The molecule has 9 atom stereocenters. The van der Waals surface area contributed by atoms with Gasteiger partial charge in [-0.15, -0.1) is 0 Å². The van der Waals surface area contributed by atoms with Crippen LogP contribution >= 0.6 is 0 Å². The van der Waals surface area contributed by atoms with E-state index in [1.807, 2.05) is 141 Å². The van der Waals surface area contributed by atoms with Gasteiger partial charge in [0.25, 0.3) is 0 Å². The number of morpholine rings is 1. The van der Waals surface area contributed by atoms with Crippen LogP contribution in [0.3, 0.4) is 0 Å². The third-order valence-corrected chi connectivity index (χ3v) is 19.4. The number of rotatable bonds is 16. The number of hydrogen-bond acceptors (Lipinski definition) is 13. The first-order chi connectivity index (χ1) is 46.0. The monoisotopic (exact) mass is 1300 g/mol. The van der Waals surface area contributed by atoms with Gasteiger partial charge in [-0.1, -0.05) is 120 Å². The van der Waals surface area contributed by atoms with E-state index in [1.165, 1.54) is 6.42 Å². The van der Waals surface area contributed by atoms with Gasteiger partial charge < -0.3 is 57.7 Å². The quantitative estimate of drug-likeness (QED) is 0.0967. The number of piperidine rings is 2. The molecule has 16 heteroatoms. The second kappa shape index (κ2) is 30.9. The Morgan fingerprint density at radius 2 is 1.08 bits per heavy atom. The van der Waals surface area contributed by atoms with Crippen molar-refractivity contribution < 1.29 is 57.4 Å². The molecule has 0 spiro atoms. The number of phenols is 1. The number of amides is 3. The van der Waals surface area contributed by atoms with Gasteiger partial charge in [-0.2, -0.15) is 5.26 Å². The van der Waals surface area contributed by atoms with Crippen LogP contribution in [0.5, 0.6) is 46.0 Å². The molecule has 5 heterocycles. The zero-order valence-electron chi connectivity index (χ0n) is 58.2. The van der Waals surface area contributed by atoms with Gasteiger partial charge in [-0.3, -0.25) is 14.4 Å². The summed E-state index contributed by atoms with van der Waals surface area (Å²) >= 11 is 0. The number of phenolic OH excluding ortho intramolecular Hbond substituents is 1. The highest BCUT2D eigenvalue weighted by Gasteiger charge is 2.45. The summed E-state index contributed by atoms with van der Waals surface area (Å²) in [7, 11) is 3.34. The Balaban J connectivity index is 0.000000157. The molecule has 3 saturated heterocycles. The van der Waals surface area contributed by atoms with Crippen molar-refractivity contribution >= 4 is 28.5 Å². The molecule has 0 aromatic heterocycles. The lowest BCUT2D eigenvalue weighted by Crippen LogP contribution is -2.50. The first-order valence-electron chi connectivity index (χ1n) is 33.9. The lowest BCUT2D eigenvalue weighted by atomic mass is 9.68. The number of carbonyl (C=O) groups is 3. The summed E-state index contributed by atoms with van der Waals surface area (Å²) in [6, 6.07) is 43.6. The second-order valence-corrected chi connectivity index (χ2v) is 28.0. The number of aromatic hydroxyl groups is 1. The molecule has 3 amide bonds. The van der Waals surface area contributed by atoms with Crippen molar-refractivity contribution in [1.82, 2.24) is 14.7 Å². The van der Waals surface area contributed by atoms with Crippen LogP contribution in [0.15, 0.2) is 127 Å². The molecule has 0 saturated carbocycles. The minimum atomic E-state index is -0.648. The molecule has 7 aromatic carbocycles. The van der Waals surface area contributed by atoms with E-state index in [-0.39, 0.29) is 80.0 Å². The van der Waals surface area contributed by atoms with Crippen molar-refractivity contribution in [2.45, 2.75) is 132 Å². The number of methoxy groups -OCH3 is 2. The van der Waals surface area contributed by atoms with Crippen molar-refractivity contribution in [3.63, 3.8) is 0 Å². The Bertz CT molecular complexity index is 3910. The molecule has 0 bridgehead atoms. The Kier molecular flexibility index (Phi) is 22.5. The number of nitriles is 1. The van der Waals surface area contributed by atoms with Crippen LogP contribution in [0.2, 0.25) is 0 Å². The summed E-state index contributed by atoms with van der Waals surface area (Å²) in [5.41, 5.74) is 8.25. The fourth-order valence-corrected chi connectivity index (χ4v) is 15.5. The van der Waals surface area contributed by atoms with Crippen molar-refractivity contribution in [3.05, 3.63) is 177 Å². The third-order valence-electron chi connectivity index (χ3n) is 19.4. The minimum absolute atomic E-state index is 0.00217. The van der Waals surface area contributed by atoms with E-state index in [4.69, 9.17) is 43.2 Å². The number of carbonyl (C=O) groups excluding carboxylic acids is 3. The first kappa shape index (κ1) is 69.9. The zero-order valence-corrected chi connectivity index (χ0v) is 58.2. The van der Waals surface area contributed by atoms with Crippen LogP contribution in [0.25, 0.3) is 10.8 Å². The molecular weight excluding hydrogens is 1210 g/mol. The number of ether oxygens (including phenoxy) is 8. The van der Waals surface area contributed by atoms with Gasteiger partial charge in [-0.25, -0.2) is 0 Å². The molecule has 5 aliphatic rings. The summed E-state index contributed by atoms with van der Waals surface area (Å²) in [6.45, 7) is 27.9. The Morgan fingerprint density at radius 1 is 0.562 bits per heavy atom. The van der Waals surface area contributed by atoms with Gasteiger partial charge in [-0.05, 0) is 158 Å². The van der Waals surface area contributed by atoms with Gasteiger partial charge in [0.2, 0.25) is 31.3 Å². The Morgan fingerprint density at radius 3 is 1.65 bits per heavy atom. The standard InChI is InChI=1S/C27H32N2O4.C27H37NO3.C26H27NO5/c1-17-10-20(4)27(25(11-17)31-8-7-28)22(21-5-6-23-24(12-21)33-16-32-23)13-26(30)29-14-18(2)9-19(3)15-29;1-18-13-19(2)17-28(16-18)26(29)27(4,5)25(21-11-9-8-10-12-21)24-20(3)14-22(30-6)15-23(24)31-7;1-16-13-27(14-17(2)32-16)25(29)12-21(19-8-10-23-24(11-19)31-15-30-23)26-20-6-4-3-5-18(20)7-9-22(26)28/h5-6,10-12,18-19,22H,8-9,13-16H2,1-4H3;8-12,14-15,18-19,25H,13,16-17H2,1-7H3;3-11,16-17,21,28H,12-15H2,1-2H3. The van der Waals surface area contributed by atoms with Gasteiger partial charge in [0, 0.05) is 92.6 Å². The van der Waals surface area contributed by atoms with E-state index in [0.29, 0.717) is 71.9 Å². The lowest BCUT2D eigenvalue weighted by Gasteiger charge is -2.43. The predicted molar refractivity (Wildman–Crippen MR) is 373 cm³/mol. The maximum absolute atomic E-state index is 14.0. The van der Waals surface area contributed by atoms with Gasteiger partial charge in [0.15, 0.2) is 29.6 Å². The number of likely N-dealkylation sites (tertiary alicyclic amines) is 2. The van der Waals surface area contributed by atoms with Gasteiger partial charge in [0.1, 0.15) is 29.1 Å². The molecule has 5 aliphatic heterocycles. The molecule has 508 valence electrons. The van der Waals surface area contributed by atoms with Crippen molar-refractivity contribution in [2.75, 3.05) is 73.7 Å². The fourth-order valence-electron chi connectivity index (χ4n) is 15.5. The summed E-state index contributed by atoms with van der Waals surface area (Å²) in [5, 5.41) is 22.0. The Hall–Kier alpha value is -8.94. The van der Waals surface area contributed by atoms with Gasteiger partial charge >= 0.3 is 0 Å². The highest BCUT2D eigenvalue weighted by atomic mass is 16.7. The number of fused-ring (bicyclic) bond motifs is 3. The van der Waals surface area contributed by atoms with Gasteiger partial charge in [0.05, 0.1) is 31.8 Å². The largest absolute Gasteiger partial charge is 0.508 e. The van der Waals surface area contributed by atoms with Crippen molar-refractivity contribution in [1.29, 1.82) is 5.26 Å². The van der Waals surface area contributed by atoms with Crippen LogP contribution < -0.4 is 33.2 Å². The molecule has 0 aliphatic carbocycles. The summed E-state index contributed by atoms with van der Waals surface area (Å²) < 4.78 is 45.2. The van der Waals surface area contributed by atoms with Crippen LogP contribution in [0, 0.1) is 61.2 Å². The normalized spacial score (nSPS) is 20.5. The third kappa shape index (κ3) is 16.1. The fraction of sp³-hybridized carbons (Fsp3) is 0.450. The molecule has 16 nitrogen and oxygen atoms in total. The molecule has 3 fully saturated rings. The van der Waals surface area contributed by atoms with Crippen LogP contribution in [0.1, 0.15) is 149 Å². The van der Waals surface area contributed by atoms with E-state index >= 15 is 0 Å². The molecule has 1 N–H and O–H groups in total. The second-order valence-electron chi connectivity index (χ2n) is 28.0. The molecule has 96 heavy (non-hydrogen) atoms. The topological polar surface area (TPSA) is 179 Å². The summed E-state index contributed by atoms with van der Waals surface area (Å²) in [4.78, 5) is 47.0. The Labute approximate surface area is 567 Å². The number of hydrogen-bond donors (Lipinski definition) is 1. The number of benzene rings is 7. The van der Waals surface area contributed by atoms with Crippen molar-refractivity contribution in [3.8, 4) is 52.1 Å². The summed E-state index contributed by atoms with van der Waals surface area (Å²) in [6.07, 6.45) is 2.89. The van der Waals surface area contributed by atoms with E-state index in [9.17, 15) is 19.5 Å². The smallest absolute Gasteiger partial charge is 0.231 e. The average molecular weight is 1310 g/mol. The van der Waals surface area contributed by atoms with E-state index in [0.717, 1.165) is 105 Å². The number of aryl methyl sites for hydroxylation is 3. The molecule has 7 aromatic rings. The van der Waals surface area contributed by atoms with Crippen molar-refractivity contribution in [2.24, 2.45) is 29.1 Å². The molecule has 12 rings (SSSR count). The summed E-state index contributed by atoms with van der Waals surface area (Å²) in [5.74, 6) is 6.83. The average Bonchev–Trinajstić information content (AvgIpc) is 0.837. The minimum Gasteiger partial charge on any atom is -0.508 e. The highest BCUT2D eigenvalue weighted by molar-refractivity contribution is 5.90. The molecule has 0 radical (unpaired) electrons. The van der Waals surface area contributed by atoms with Crippen LogP contribution in [-0.4, -0.2) is 123 Å². The highest BCUT2D eigenvalue weighted by Crippen LogP contribution is 2.50. The SMILES string of the molecule is CC1CN(C(=O)CC(c2ccc3c(c2)OCO3)c2c(O)ccc3ccccc23)CC(C)O1.COc1cc(C)c(C(c2ccccc2)C(C)(C)C(=O)N2CC(C)CC(C)C2)c(OC)c1.Cc1cc(C)c(C(CC(=O)N2CC(C)CC(C)C2)c2ccc3c(c2)OCO3)c(OCC#N)c1. The van der Waals surface area contributed by atoms with Crippen LogP contribution in [0.4, 0.5) is 0 Å². The number of nitrogens with zero attached hydrogens (tertiary/aromatic N) is 4. The zero-order chi connectivity index (χ0) is 68.5.